The molecule has 1 aromatic carbocycles. The predicted octanol–water partition coefficient (Wildman–Crippen LogP) is 2.62. The van der Waals surface area contributed by atoms with E-state index in [-0.39, 0.29) is 19.1 Å². The molecule has 0 radical (unpaired) electrons. The third-order valence-corrected chi connectivity index (χ3v) is 6.03. The van der Waals surface area contributed by atoms with Crippen molar-refractivity contribution in [1.29, 1.82) is 0 Å². The second-order valence-corrected chi connectivity index (χ2v) is 7.78. The maximum atomic E-state index is 12.4. The number of ether oxygens (including phenoxy) is 2. The van der Waals surface area contributed by atoms with Crippen molar-refractivity contribution in [3.8, 4) is 0 Å². The Morgan fingerprint density at radius 3 is 2.83 bits per heavy atom. The Kier molecular flexibility index (Phi) is 5.35. The summed E-state index contributed by atoms with van der Waals surface area (Å²) in [6.45, 7) is 0.801. The summed E-state index contributed by atoms with van der Waals surface area (Å²) < 4.78 is 11.7. The van der Waals surface area contributed by atoms with Gasteiger partial charge in [0.15, 0.2) is 6.61 Å². The van der Waals surface area contributed by atoms with Gasteiger partial charge >= 0.3 is 11.9 Å². The third kappa shape index (κ3) is 3.88. The molecule has 7 nitrogen and oxygen atoms in total. The largest absolute Gasteiger partial charge is 0.465 e. The van der Waals surface area contributed by atoms with Gasteiger partial charge in [0.2, 0.25) is 0 Å². The number of nitrogens with zero attached hydrogens (tertiary/aromatic N) is 2. The zero-order chi connectivity index (χ0) is 20.4. The van der Waals surface area contributed by atoms with Crippen molar-refractivity contribution in [3.63, 3.8) is 0 Å². The number of thiophene rings is 1. The topological polar surface area (TPSA) is 77.8 Å². The van der Waals surface area contributed by atoms with Crippen molar-refractivity contribution in [3.05, 3.63) is 57.9 Å². The SMILES string of the molecule is COC(=O)c1cn(CC(=O)OCC(=O)N2CCc3sccc3C2)c2ccccc12. The molecule has 8 heteroatoms. The van der Waals surface area contributed by atoms with E-state index in [2.05, 4.69) is 0 Å². The van der Waals surface area contributed by atoms with Gasteiger partial charge in [0, 0.05) is 35.1 Å². The molecular weight excluding hydrogens is 392 g/mol. The molecule has 3 aromatic rings. The summed E-state index contributed by atoms with van der Waals surface area (Å²) in [6.07, 6.45) is 2.40. The molecule has 1 aliphatic rings. The molecule has 150 valence electrons. The molecule has 0 spiro atoms. The molecule has 29 heavy (non-hydrogen) atoms. The van der Waals surface area contributed by atoms with Crippen LogP contribution in [0.3, 0.4) is 0 Å². The second kappa shape index (κ2) is 8.08. The Hall–Kier alpha value is -3.13. The van der Waals surface area contributed by atoms with E-state index in [0.717, 1.165) is 17.5 Å². The fraction of sp³-hybridized carbons (Fsp3) is 0.286. The maximum Gasteiger partial charge on any atom is 0.340 e. The Morgan fingerprint density at radius 1 is 1.17 bits per heavy atom. The van der Waals surface area contributed by atoms with E-state index in [1.165, 1.54) is 12.0 Å². The molecule has 1 aliphatic heterocycles. The summed E-state index contributed by atoms with van der Waals surface area (Å²) in [7, 11) is 1.31. The number of fused-ring (bicyclic) bond motifs is 2. The molecule has 4 rings (SSSR count). The van der Waals surface area contributed by atoms with Crippen LogP contribution in [0.4, 0.5) is 0 Å². The molecule has 0 unspecified atom stereocenters. The number of hydrogen-bond donors (Lipinski definition) is 0. The lowest BCUT2D eigenvalue weighted by atomic mass is 10.1. The van der Waals surface area contributed by atoms with Gasteiger partial charge in [-0.2, -0.15) is 0 Å². The van der Waals surface area contributed by atoms with Crippen LogP contribution in [0, 0.1) is 0 Å². The Morgan fingerprint density at radius 2 is 2.00 bits per heavy atom. The van der Waals surface area contributed by atoms with Crippen molar-refractivity contribution < 1.29 is 23.9 Å². The predicted molar refractivity (Wildman–Crippen MR) is 108 cm³/mol. The smallest absolute Gasteiger partial charge is 0.340 e. The Balaban J connectivity index is 1.39. The van der Waals surface area contributed by atoms with Crippen LogP contribution in [-0.2, 0) is 38.6 Å². The molecule has 0 atom stereocenters. The Labute approximate surface area is 171 Å². The molecule has 2 aromatic heterocycles. The van der Waals surface area contributed by atoms with E-state index >= 15 is 0 Å². The van der Waals surface area contributed by atoms with E-state index in [1.54, 1.807) is 33.1 Å². The second-order valence-electron chi connectivity index (χ2n) is 6.77. The van der Waals surface area contributed by atoms with Crippen LogP contribution in [0.5, 0.6) is 0 Å². The summed E-state index contributed by atoms with van der Waals surface area (Å²) in [5.41, 5.74) is 2.26. The summed E-state index contributed by atoms with van der Waals surface area (Å²) in [5.74, 6) is -1.21. The van der Waals surface area contributed by atoms with E-state index in [4.69, 9.17) is 9.47 Å². The van der Waals surface area contributed by atoms with Crippen LogP contribution in [0.2, 0.25) is 0 Å². The van der Waals surface area contributed by atoms with Crippen LogP contribution in [0.25, 0.3) is 10.9 Å². The number of methoxy groups -OCH3 is 1. The minimum Gasteiger partial charge on any atom is -0.465 e. The number of benzene rings is 1. The standard InChI is InChI=1S/C21H20N2O5S/c1-27-21(26)16-11-23(17-5-3-2-4-15(16)17)12-20(25)28-13-19(24)22-8-6-18-14(10-22)7-9-29-18/h2-5,7,9,11H,6,8,10,12-13H2,1H3. The maximum absolute atomic E-state index is 12.4. The lowest BCUT2D eigenvalue weighted by molar-refractivity contribution is -0.152. The molecule has 0 saturated carbocycles. The molecule has 1 amide bonds. The number of carbonyl (C=O) groups excluding carboxylic acids is 3. The van der Waals surface area contributed by atoms with Crippen LogP contribution in [-0.4, -0.2) is 47.6 Å². The number of aromatic nitrogens is 1. The highest BCUT2D eigenvalue weighted by Gasteiger charge is 2.23. The van der Waals surface area contributed by atoms with Crippen molar-refractivity contribution in [1.82, 2.24) is 9.47 Å². The molecular formula is C21H20N2O5S. The van der Waals surface area contributed by atoms with Crippen LogP contribution < -0.4 is 0 Å². The number of carbonyl (C=O) groups is 3. The van der Waals surface area contributed by atoms with Gasteiger partial charge in [-0.05, 0) is 29.5 Å². The fourth-order valence-corrected chi connectivity index (χ4v) is 4.42. The first-order valence-corrected chi connectivity index (χ1v) is 10.1. The zero-order valence-corrected chi connectivity index (χ0v) is 16.7. The molecule has 0 N–H and O–H groups in total. The summed E-state index contributed by atoms with van der Waals surface area (Å²) in [5, 5.41) is 2.73. The Bertz CT molecular complexity index is 1080. The quantitative estimate of drug-likeness (QED) is 0.602. The van der Waals surface area contributed by atoms with Crippen molar-refractivity contribution >= 4 is 40.1 Å². The van der Waals surface area contributed by atoms with Crippen molar-refractivity contribution in [2.45, 2.75) is 19.5 Å². The number of para-hydroxylation sites is 1. The van der Waals surface area contributed by atoms with Crippen LogP contribution in [0.15, 0.2) is 41.9 Å². The average Bonchev–Trinajstić information content (AvgIpc) is 3.36. The van der Waals surface area contributed by atoms with Gasteiger partial charge in [0.05, 0.1) is 12.7 Å². The van der Waals surface area contributed by atoms with Crippen molar-refractivity contribution in [2.24, 2.45) is 0 Å². The minimum atomic E-state index is -0.538. The molecule has 0 aliphatic carbocycles. The fourth-order valence-electron chi connectivity index (χ4n) is 3.53. The highest BCUT2D eigenvalue weighted by atomic mass is 32.1. The first-order chi connectivity index (χ1) is 14.1. The average molecular weight is 412 g/mol. The van der Waals surface area contributed by atoms with E-state index < -0.39 is 11.9 Å². The monoisotopic (exact) mass is 412 g/mol. The van der Waals surface area contributed by atoms with Gasteiger partial charge in [-0.3, -0.25) is 9.59 Å². The molecule has 0 bridgehead atoms. The first-order valence-electron chi connectivity index (χ1n) is 9.21. The van der Waals surface area contributed by atoms with Crippen molar-refractivity contribution in [2.75, 3.05) is 20.3 Å². The highest BCUT2D eigenvalue weighted by Crippen LogP contribution is 2.24. The minimum absolute atomic E-state index is 0.0978. The number of esters is 2. The number of hydrogen-bond acceptors (Lipinski definition) is 6. The normalized spacial score (nSPS) is 13.2. The highest BCUT2D eigenvalue weighted by molar-refractivity contribution is 7.10. The van der Waals surface area contributed by atoms with Crippen LogP contribution >= 0.6 is 11.3 Å². The lowest BCUT2D eigenvalue weighted by Crippen LogP contribution is -2.38. The van der Waals surface area contributed by atoms with Gasteiger partial charge in [-0.15, -0.1) is 11.3 Å². The number of rotatable bonds is 5. The van der Waals surface area contributed by atoms with E-state index in [0.29, 0.717) is 24.0 Å². The third-order valence-electron chi connectivity index (χ3n) is 5.01. The summed E-state index contributed by atoms with van der Waals surface area (Å²) in [4.78, 5) is 39.7. The first kappa shape index (κ1) is 19.2. The number of amides is 1. The van der Waals surface area contributed by atoms with E-state index in [1.807, 2.05) is 29.6 Å². The van der Waals surface area contributed by atoms with Gasteiger partial charge in [-0.1, -0.05) is 18.2 Å². The lowest BCUT2D eigenvalue weighted by Gasteiger charge is -2.26. The molecule has 3 heterocycles. The van der Waals surface area contributed by atoms with E-state index in [9.17, 15) is 14.4 Å². The molecule has 0 fully saturated rings. The van der Waals surface area contributed by atoms with Gasteiger partial charge < -0.3 is 18.9 Å². The van der Waals surface area contributed by atoms with Gasteiger partial charge in [0.1, 0.15) is 6.54 Å². The van der Waals surface area contributed by atoms with Gasteiger partial charge in [-0.25, -0.2) is 4.79 Å². The molecule has 0 saturated heterocycles. The summed E-state index contributed by atoms with van der Waals surface area (Å²) in [6, 6.07) is 9.27. The van der Waals surface area contributed by atoms with Crippen LogP contribution in [0.1, 0.15) is 20.8 Å². The summed E-state index contributed by atoms with van der Waals surface area (Å²) >= 11 is 1.71. The van der Waals surface area contributed by atoms with Gasteiger partial charge in [0.25, 0.3) is 5.91 Å². The zero-order valence-electron chi connectivity index (χ0n) is 15.9.